The zero-order chi connectivity index (χ0) is 26.1. The van der Waals surface area contributed by atoms with Gasteiger partial charge in [0.1, 0.15) is 17.3 Å². The Hall–Kier alpha value is -3.84. The molecular formula is C29H35FN4O2. The first-order valence-electron chi connectivity index (χ1n) is 12.0. The molecule has 1 saturated heterocycles. The third-order valence-electron chi connectivity index (χ3n) is 6.00. The van der Waals surface area contributed by atoms with Crippen molar-refractivity contribution >= 4 is 11.6 Å². The summed E-state index contributed by atoms with van der Waals surface area (Å²) in [6, 6.07) is 15.3. The number of nitrogens with zero attached hydrogens (tertiary/aromatic N) is 2. The molecule has 0 saturated carbocycles. The molecule has 3 N–H and O–H groups in total. The van der Waals surface area contributed by atoms with Gasteiger partial charge >= 0.3 is 0 Å². The van der Waals surface area contributed by atoms with E-state index in [1.165, 1.54) is 6.08 Å². The van der Waals surface area contributed by atoms with Crippen molar-refractivity contribution in [2.24, 2.45) is 5.73 Å². The second-order valence-corrected chi connectivity index (χ2v) is 8.89. The maximum Gasteiger partial charge on any atom is 0.242 e. The highest BCUT2D eigenvalue weighted by molar-refractivity contribution is 5.82. The van der Waals surface area contributed by atoms with Crippen LogP contribution in [0.4, 0.5) is 10.1 Å². The van der Waals surface area contributed by atoms with Gasteiger partial charge in [0.05, 0.1) is 13.1 Å². The van der Waals surface area contributed by atoms with Crippen LogP contribution in [0.15, 0.2) is 97.5 Å². The van der Waals surface area contributed by atoms with E-state index in [0.29, 0.717) is 43.2 Å². The van der Waals surface area contributed by atoms with Gasteiger partial charge < -0.3 is 25.6 Å². The zero-order valence-electron chi connectivity index (χ0n) is 20.9. The summed E-state index contributed by atoms with van der Waals surface area (Å²) in [6.07, 6.45) is 3.69. The number of carbonyl (C=O) groups is 1. The Morgan fingerprint density at radius 2 is 1.97 bits per heavy atom. The number of nitrogens with two attached hydrogens (primary N) is 1. The summed E-state index contributed by atoms with van der Waals surface area (Å²) in [5.41, 5.74) is 9.11. The number of benzene rings is 2. The number of halogens is 1. The van der Waals surface area contributed by atoms with Crippen molar-refractivity contribution in [1.29, 1.82) is 0 Å². The highest BCUT2D eigenvalue weighted by Gasteiger charge is 2.26. The molecule has 1 amide bonds. The second-order valence-electron chi connectivity index (χ2n) is 8.89. The molecule has 2 aromatic carbocycles. The Balaban J connectivity index is 1.81. The number of allylic oxidation sites excluding steroid dienone is 2. The minimum Gasteiger partial charge on any atom is -0.457 e. The summed E-state index contributed by atoms with van der Waals surface area (Å²) < 4.78 is 19.3. The van der Waals surface area contributed by atoms with Crippen LogP contribution in [0.5, 0.6) is 11.5 Å². The van der Waals surface area contributed by atoms with Crippen LogP contribution in [0.2, 0.25) is 0 Å². The lowest BCUT2D eigenvalue weighted by Gasteiger charge is -2.30. The van der Waals surface area contributed by atoms with Crippen LogP contribution in [-0.4, -0.2) is 49.6 Å². The van der Waals surface area contributed by atoms with Gasteiger partial charge in [-0.15, -0.1) is 0 Å². The second kappa shape index (κ2) is 12.7. The van der Waals surface area contributed by atoms with Crippen molar-refractivity contribution in [3.63, 3.8) is 0 Å². The van der Waals surface area contributed by atoms with Crippen molar-refractivity contribution in [3.8, 4) is 11.5 Å². The van der Waals surface area contributed by atoms with Crippen LogP contribution >= 0.6 is 0 Å². The SMILES string of the molecule is C=C/C(=C\C(=C)F)CNC(=C)CN(CC(=O)N1CCC(N)C1)c1cccc(Oc2ccccc2)c1C. The molecule has 7 heteroatoms. The van der Waals surface area contributed by atoms with E-state index >= 15 is 0 Å². The summed E-state index contributed by atoms with van der Waals surface area (Å²) in [5.74, 6) is 0.899. The normalized spacial score (nSPS) is 15.4. The van der Waals surface area contributed by atoms with E-state index in [4.69, 9.17) is 10.5 Å². The molecule has 0 spiro atoms. The molecule has 3 rings (SSSR count). The van der Waals surface area contributed by atoms with E-state index in [9.17, 15) is 9.18 Å². The molecule has 1 unspecified atom stereocenters. The van der Waals surface area contributed by atoms with Gasteiger partial charge in [-0.1, -0.05) is 50.1 Å². The molecule has 190 valence electrons. The average Bonchev–Trinajstić information content (AvgIpc) is 3.29. The molecule has 1 atom stereocenters. The van der Waals surface area contributed by atoms with Crippen LogP contribution in [0.3, 0.4) is 0 Å². The molecule has 2 aromatic rings. The van der Waals surface area contributed by atoms with Crippen LogP contribution in [0.25, 0.3) is 0 Å². The van der Waals surface area contributed by atoms with E-state index in [-0.39, 0.29) is 18.5 Å². The number of ether oxygens (including phenoxy) is 1. The average molecular weight is 491 g/mol. The van der Waals surface area contributed by atoms with Crippen molar-refractivity contribution in [1.82, 2.24) is 10.2 Å². The van der Waals surface area contributed by atoms with Gasteiger partial charge in [-0.05, 0) is 49.3 Å². The smallest absolute Gasteiger partial charge is 0.242 e. The summed E-state index contributed by atoms with van der Waals surface area (Å²) in [7, 11) is 0. The van der Waals surface area contributed by atoms with Gasteiger partial charge in [-0.2, -0.15) is 0 Å². The lowest BCUT2D eigenvalue weighted by atomic mass is 10.1. The maximum absolute atomic E-state index is 13.2. The lowest BCUT2D eigenvalue weighted by Crippen LogP contribution is -2.42. The molecule has 1 fully saturated rings. The first-order valence-corrected chi connectivity index (χ1v) is 12.0. The van der Waals surface area contributed by atoms with Crippen LogP contribution < -0.4 is 20.7 Å². The van der Waals surface area contributed by atoms with E-state index < -0.39 is 5.83 Å². The van der Waals surface area contributed by atoms with Gasteiger partial charge in [0.15, 0.2) is 0 Å². The van der Waals surface area contributed by atoms with Crippen LogP contribution in [0.1, 0.15) is 12.0 Å². The van der Waals surface area contributed by atoms with E-state index in [1.54, 1.807) is 11.0 Å². The first kappa shape index (κ1) is 26.8. The number of rotatable bonds is 12. The van der Waals surface area contributed by atoms with E-state index in [0.717, 1.165) is 23.4 Å². The number of amides is 1. The quantitative estimate of drug-likeness (QED) is 0.416. The first-order chi connectivity index (χ1) is 17.3. The number of anilines is 1. The predicted octanol–water partition coefficient (Wildman–Crippen LogP) is 4.85. The summed E-state index contributed by atoms with van der Waals surface area (Å²) >= 11 is 0. The molecular weight excluding hydrogens is 455 g/mol. The van der Waals surface area contributed by atoms with Gasteiger partial charge in [0, 0.05) is 42.6 Å². The Bertz CT molecular complexity index is 1130. The van der Waals surface area contributed by atoms with Gasteiger partial charge in [0.25, 0.3) is 0 Å². The van der Waals surface area contributed by atoms with Crippen molar-refractivity contribution in [2.75, 3.05) is 37.6 Å². The van der Waals surface area contributed by atoms with Gasteiger partial charge in [-0.25, -0.2) is 4.39 Å². The number of para-hydroxylation sites is 1. The van der Waals surface area contributed by atoms with Gasteiger partial charge in [0.2, 0.25) is 5.91 Å². The van der Waals surface area contributed by atoms with E-state index in [2.05, 4.69) is 25.1 Å². The van der Waals surface area contributed by atoms with Crippen molar-refractivity contribution in [3.05, 3.63) is 103 Å². The number of nitrogens with one attached hydrogen (secondary N) is 1. The van der Waals surface area contributed by atoms with Crippen molar-refractivity contribution in [2.45, 2.75) is 19.4 Å². The maximum atomic E-state index is 13.2. The Morgan fingerprint density at radius 3 is 2.61 bits per heavy atom. The molecule has 1 heterocycles. The van der Waals surface area contributed by atoms with Crippen LogP contribution in [0, 0.1) is 6.92 Å². The summed E-state index contributed by atoms with van der Waals surface area (Å²) in [5, 5.41) is 3.20. The van der Waals surface area contributed by atoms with Crippen LogP contribution in [-0.2, 0) is 4.79 Å². The topological polar surface area (TPSA) is 70.8 Å². The summed E-state index contributed by atoms with van der Waals surface area (Å²) in [4.78, 5) is 16.9. The molecule has 0 aromatic heterocycles. The largest absolute Gasteiger partial charge is 0.457 e. The Kier molecular flexibility index (Phi) is 9.47. The number of carbonyl (C=O) groups excluding carboxylic acids is 1. The minimum absolute atomic E-state index is 0.00457. The molecule has 1 aliphatic heterocycles. The Labute approximate surface area is 213 Å². The fraction of sp³-hybridized carbons (Fsp3) is 0.276. The van der Waals surface area contributed by atoms with Gasteiger partial charge in [-0.3, -0.25) is 4.79 Å². The fourth-order valence-electron chi connectivity index (χ4n) is 4.07. The molecule has 36 heavy (non-hydrogen) atoms. The number of hydrogen-bond donors (Lipinski definition) is 2. The lowest BCUT2D eigenvalue weighted by molar-refractivity contribution is -0.128. The molecule has 0 aliphatic carbocycles. The number of likely N-dealkylation sites (tertiary alicyclic amines) is 1. The third-order valence-corrected chi connectivity index (χ3v) is 6.00. The highest BCUT2D eigenvalue weighted by atomic mass is 19.1. The fourth-order valence-corrected chi connectivity index (χ4v) is 4.07. The summed E-state index contributed by atoms with van der Waals surface area (Å²) in [6.45, 7) is 15.2. The highest BCUT2D eigenvalue weighted by Crippen LogP contribution is 2.32. The molecule has 0 bridgehead atoms. The third kappa shape index (κ3) is 7.58. The predicted molar refractivity (Wildman–Crippen MR) is 145 cm³/mol. The molecule has 0 radical (unpaired) electrons. The van der Waals surface area contributed by atoms with E-state index in [1.807, 2.05) is 60.4 Å². The monoisotopic (exact) mass is 490 g/mol. The van der Waals surface area contributed by atoms with Crippen molar-refractivity contribution < 1.29 is 13.9 Å². The molecule has 6 nitrogen and oxygen atoms in total. The Morgan fingerprint density at radius 1 is 1.22 bits per heavy atom. The standard InChI is InChI=1S/C29H35FN4O2/c1-5-24(16-21(2)30)17-32-22(3)18-34(20-29(35)33-15-14-25(31)19-33)27-12-9-13-28(23(27)4)36-26-10-7-6-8-11-26/h5-13,16,25,32H,1-3,14-15,17-20,31H2,4H3/b24-16+. The zero-order valence-corrected chi connectivity index (χ0v) is 20.9. The molecule has 1 aliphatic rings. The number of hydrogen-bond acceptors (Lipinski definition) is 5. The minimum atomic E-state index is -0.542.